The van der Waals surface area contributed by atoms with E-state index in [1.165, 1.54) is 15.9 Å². The number of ether oxygens (including phenoxy) is 2. The van der Waals surface area contributed by atoms with Crippen molar-refractivity contribution in [1.29, 1.82) is 0 Å². The lowest BCUT2D eigenvalue weighted by atomic mass is 9.75. The van der Waals surface area contributed by atoms with Crippen molar-refractivity contribution >= 4 is 46.8 Å². The number of esters is 2. The zero-order valence-corrected chi connectivity index (χ0v) is 30.8. The number of hydrogen-bond donors (Lipinski definition) is 1. The lowest BCUT2D eigenvalue weighted by Gasteiger charge is -2.35. The Kier molecular flexibility index (Phi) is 10.6. The van der Waals surface area contributed by atoms with Gasteiger partial charge in [-0.15, -0.1) is 0 Å². The summed E-state index contributed by atoms with van der Waals surface area (Å²) in [4.78, 5) is 34.8. The summed E-state index contributed by atoms with van der Waals surface area (Å²) in [6.45, 7) is -1.53. The summed E-state index contributed by atoms with van der Waals surface area (Å²) in [6.07, 6.45) is 10.5. The SMILES string of the molecule is C=P(c1ccccc1)(c1ccccc1)c1ccccc1.O=C1CCC2(CC1)OC(=O)c1ccccc12.O=C1OC2(CCC(CO)CC2)c2ccccc21. The van der Waals surface area contributed by atoms with E-state index in [2.05, 4.69) is 91.0 Å². The van der Waals surface area contributed by atoms with Crippen LogP contribution in [0.4, 0.5) is 0 Å². The fourth-order valence-corrected chi connectivity index (χ4v) is 11.1. The van der Waals surface area contributed by atoms with Crippen molar-refractivity contribution in [3.05, 3.63) is 162 Å². The Labute approximate surface area is 311 Å². The Hall–Kier alpha value is -5.03. The monoisotopic (exact) mass is 724 g/mol. The van der Waals surface area contributed by atoms with E-state index in [1.54, 1.807) is 6.07 Å². The van der Waals surface area contributed by atoms with Crippen LogP contribution in [-0.4, -0.2) is 35.7 Å². The largest absolute Gasteiger partial charge is 0.451 e. The first-order chi connectivity index (χ1) is 25.8. The van der Waals surface area contributed by atoms with Gasteiger partial charge in [0.25, 0.3) is 0 Å². The van der Waals surface area contributed by atoms with Gasteiger partial charge in [0.05, 0.1) is 11.1 Å². The molecule has 53 heavy (non-hydrogen) atoms. The molecule has 5 aromatic rings. The molecule has 2 spiro atoms. The van der Waals surface area contributed by atoms with Gasteiger partial charge in [-0.25, -0.2) is 9.59 Å². The molecule has 270 valence electrons. The third-order valence-electron chi connectivity index (χ3n) is 11.2. The molecule has 2 aliphatic carbocycles. The van der Waals surface area contributed by atoms with Crippen molar-refractivity contribution in [1.82, 2.24) is 0 Å². The summed E-state index contributed by atoms with van der Waals surface area (Å²) in [7, 11) is 0. The summed E-state index contributed by atoms with van der Waals surface area (Å²) in [6, 6.07) is 47.1. The van der Waals surface area contributed by atoms with Gasteiger partial charge in [-0.05, 0) is 79.4 Å². The van der Waals surface area contributed by atoms with E-state index >= 15 is 0 Å². The Morgan fingerprint density at radius 1 is 0.547 bits per heavy atom. The molecule has 0 unspecified atom stereocenters. The van der Waals surface area contributed by atoms with Crippen LogP contribution in [0.1, 0.15) is 83.2 Å². The maximum absolute atomic E-state index is 11.8. The van der Waals surface area contributed by atoms with Crippen LogP contribution >= 0.6 is 6.89 Å². The number of Topliss-reactive ketones (excluding diaryl/α,β-unsaturated/α-hetero) is 1. The molecule has 0 bridgehead atoms. The molecule has 2 aliphatic heterocycles. The quantitative estimate of drug-likeness (QED) is 0.150. The fourth-order valence-electron chi connectivity index (χ4n) is 8.19. The molecule has 0 amide bonds. The van der Waals surface area contributed by atoms with E-state index in [1.807, 2.05) is 42.5 Å². The van der Waals surface area contributed by atoms with Crippen molar-refractivity contribution in [3.8, 4) is 0 Å². The molecule has 0 radical (unpaired) electrons. The van der Waals surface area contributed by atoms with E-state index in [9.17, 15) is 14.4 Å². The first kappa shape index (κ1) is 36.3. The summed E-state index contributed by atoms with van der Waals surface area (Å²) in [5, 5.41) is 13.1. The van der Waals surface area contributed by atoms with E-state index in [0.29, 0.717) is 37.2 Å². The van der Waals surface area contributed by atoms with E-state index in [4.69, 9.17) is 20.9 Å². The van der Waals surface area contributed by atoms with Crippen LogP contribution in [0, 0.1) is 5.92 Å². The average molecular weight is 725 g/mol. The number of carbonyl (C=O) groups is 3. The lowest BCUT2D eigenvalue weighted by molar-refractivity contribution is -0.125. The lowest BCUT2D eigenvalue weighted by Crippen LogP contribution is -2.32. The van der Waals surface area contributed by atoms with Gasteiger partial charge in [0.2, 0.25) is 0 Å². The maximum Gasteiger partial charge on any atom is 0.339 e. The number of ketones is 1. The second-order valence-electron chi connectivity index (χ2n) is 14.3. The molecular weight excluding hydrogens is 679 g/mol. The number of rotatable bonds is 4. The van der Waals surface area contributed by atoms with Gasteiger partial charge in [-0.3, -0.25) is 4.79 Å². The third kappa shape index (κ3) is 7.19. The molecule has 0 saturated heterocycles. The minimum atomic E-state index is -1.78. The van der Waals surface area contributed by atoms with Crippen LogP contribution in [0.3, 0.4) is 0 Å². The van der Waals surface area contributed by atoms with Crippen molar-refractivity contribution < 1.29 is 29.0 Å². The summed E-state index contributed by atoms with van der Waals surface area (Å²) in [5.41, 5.74) is 2.47. The normalized spacial score (nSPS) is 20.9. The molecule has 6 nitrogen and oxygen atoms in total. The Balaban J connectivity index is 0.000000124. The minimum Gasteiger partial charge on any atom is -0.451 e. The van der Waals surface area contributed by atoms with Crippen molar-refractivity contribution in [3.63, 3.8) is 0 Å². The van der Waals surface area contributed by atoms with Gasteiger partial charge in [-0.2, -0.15) is 0 Å². The van der Waals surface area contributed by atoms with Gasteiger partial charge in [0.1, 0.15) is 17.0 Å². The zero-order chi connectivity index (χ0) is 36.9. The number of hydrogen-bond acceptors (Lipinski definition) is 6. The number of carbonyl (C=O) groups excluding carboxylic acids is 3. The van der Waals surface area contributed by atoms with Gasteiger partial charge in [0.15, 0.2) is 0 Å². The molecule has 0 aromatic heterocycles. The molecule has 1 N–H and O–H groups in total. The molecular formula is C46H45O6P. The minimum absolute atomic E-state index is 0.192. The van der Waals surface area contributed by atoms with Gasteiger partial charge >= 0.3 is 11.9 Å². The molecule has 0 atom stereocenters. The smallest absolute Gasteiger partial charge is 0.339 e. The summed E-state index contributed by atoms with van der Waals surface area (Å²) in [5.74, 6) is 0.200. The highest BCUT2D eigenvalue weighted by atomic mass is 31.2. The number of aliphatic hydroxyl groups is 1. The van der Waals surface area contributed by atoms with E-state index in [0.717, 1.165) is 42.4 Å². The number of fused-ring (bicyclic) bond motifs is 4. The number of benzene rings is 5. The Bertz CT molecular complexity index is 2010. The predicted molar refractivity (Wildman–Crippen MR) is 212 cm³/mol. The fraction of sp³-hybridized carbons (Fsp3) is 0.261. The zero-order valence-electron chi connectivity index (χ0n) is 29.9. The summed E-state index contributed by atoms with van der Waals surface area (Å²) >= 11 is 0. The average Bonchev–Trinajstić information content (AvgIpc) is 3.66. The van der Waals surface area contributed by atoms with Gasteiger partial charge in [-0.1, -0.05) is 134 Å². The molecule has 5 aromatic carbocycles. The molecule has 2 saturated carbocycles. The molecule has 4 aliphatic rings. The first-order valence-corrected chi connectivity index (χ1v) is 20.4. The van der Waals surface area contributed by atoms with E-state index < -0.39 is 18.1 Å². The number of aliphatic hydroxyl groups excluding tert-OH is 1. The van der Waals surface area contributed by atoms with E-state index in [-0.39, 0.29) is 24.3 Å². The van der Waals surface area contributed by atoms with Crippen LogP contribution in [0.2, 0.25) is 0 Å². The Morgan fingerprint density at radius 3 is 1.30 bits per heavy atom. The highest BCUT2D eigenvalue weighted by Crippen LogP contribution is 2.48. The topological polar surface area (TPSA) is 89.9 Å². The van der Waals surface area contributed by atoms with Crippen LogP contribution < -0.4 is 15.9 Å². The van der Waals surface area contributed by atoms with Crippen molar-refractivity contribution in [2.45, 2.75) is 62.6 Å². The van der Waals surface area contributed by atoms with Gasteiger partial charge in [0, 0.05) is 30.6 Å². The molecule has 7 heteroatoms. The predicted octanol–water partition coefficient (Wildman–Crippen LogP) is 7.84. The highest BCUT2D eigenvalue weighted by molar-refractivity contribution is 7.93. The summed E-state index contributed by atoms with van der Waals surface area (Å²) < 4.78 is 11.1. The second-order valence-corrected chi connectivity index (χ2v) is 17.5. The highest BCUT2D eigenvalue weighted by Gasteiger charge is 2.48. The third-order valence-corrected chi connectivity index (χ3v) is 14.8. The second kappa shape index (κ2) is 15.5. The standard InChI is InChI=1S/C19H17P.C14H16O3.C13H12O3/c1-20(17-11-5-2-6-12-17,18-13-7-3-8-14-18)19-15-9-4-10-16-19;15-9-10-5-7-14(8-6-10)12-4-2-1-3-11(12)13(16)17-14;14-9-5-7-13(8-6-9)11-4-2-1-3-10(11)12(15)16-13/h2-16H,1H2;1-4,10,15H,5-9H2;1-4H,5-8H2. The molecule has 2 fully saturated rings. The van der Waals surface area contributed by atoms with Crippen LogP contribution in [0.15, 0.2) is 140 Å². The molecule has 9 rings (SSSR count). The van der Waals surface area contributed by atoms with Crippen LogP contribution in [0.5, 0.6) is 0 Å². The maximum atomic E-state index is 11.8. The van der Waals surface area contributed by atoms with Crippen molar-refractivity contribution in [2.75, 3.05) is 6.61 Å². The first-order valence-electron chi connectivity index (χ1n) is 18.5. The van der Waals surface area contributed by atoms with Crippen molar-refractivity contribution in [2.24, 2.45) is 5.92 Å². The molecule has 2 heterocycles. The van der Waals surface area contributed by atoms with Gasteiger partial charge < -0.3 is 14.6 Å². The van der Waals surface area contributed by atoms with Crippen LogP contribution in [0.25, 0.3) is 0 Å². The van der Waals surface area contributed by atoms with Crippen LogP contribution in [-0.2, 0) is 25.5 Å². The Morgan fingerprint density at radius 2 is 0.906 bits per heavy atom.